The van der Waals surface area contributed by atoms with Crippen molar-refractivity contribution in [2.75, 3.05) is 95.0 Å². The Labute approximate surface area is 251 Å². The van der Waals surface area contributed by atoms with Crippen LogP contribution in [0.25, 0.3) is 0 Å². The van der Waals surface area contributed by atoms with E-state index in [-0.39, 0.29) is 5.91 Å². The fourth-order valence-corrected chi connectivity index (χ4v) is 5.17. The molecule has 13 heteroatoms. The summed E-state index contributed by atoms with van der Waals surface area (Å²) in [5, 5.41) is 10.2. The van der Waals surface area contributed by atoms with Gasteiger partial charge in [-0.1, -0.05) is 11.6 Å². The van der Waals surface area contributed by atoms with Gasteiger partial charge < -0.3 is 35.2 Å². The van der Waals surface area contributed by atoms with Gasteiger partial charge in [-0.25, -0.2) is 9.97 Å². The number of anilines is 6. The summed E-state index contributed by atoms with van der Waals surface area (Å²) in [5.41, 5.74) is 3.91. The second kappa shape index (κ2) is 13.4. The molecule has 12 nitrogen and oxygen atoms in total. The van der Waals surface area contributed by atoms with Gasteiger partial charge in [-0.15, -0.1) is 0 Å². The van der Waals surface area contributed by atoms with Crippen LogP contribution in [0.4, 0.5) is 34.8 Å². The maximum Gasteiger partial charge on any atom is 0.236 e. The molecule has 0 atom stereocenters. The zero-order chi connectivity index (χ0) is 29.6. The Hall–Kier alpha value is -3.87. The Balaban J connectivity index is 1.33. The smallest absolute Gasteiger partial charge is 0.236 e. The van der Waals surface area contributed by atoms with E-state index in [0.717, 1.165) is 56.2 Å². The zero-order valence-corrected chi connectivity index (χ0v) is 25.3. The van der Waals surface area contributed by atoms with Crippen molar-refractivity contribution in [1.82, 2.24) is 24.8 Å². The molecule has 0 saturated carbocycles. The van der Waals surface area contributed by atoms with Crippen LogP contribution < -0.4 is 25.6 Å². The van der Waals surface area contributed by atoms with Crippen molar-refractivity contribution < 1.29 is 14.3 Å². The lowest BCUT2D eigenvalue weighted by molar-refractivity contribution is -0.129. The molecule has 3 N–H and O–H groups in total. The predicted octanol–water partition coefficient (Wildman–Crippen LogP) is 3.39. The highest BCUT2D eigenvalue weighted by atomic mass is 35.5. The molecule has 1 aromatic carbocycles. The van der Waals surface area contributed by atoms with Crippen LogP contribution in [0.2, 0.25) is 5.02 Å². The van der Waals surface area contributed by atoms with E-state index in [1.54, 1.807) is 32.3 Å². The molecule has 2 aliphatic rings. The van der Waals surface area contributed by atoms with Gasteiger partial charge in [0.15, 0.2) is 11.6 Å². The number of hydrogen-bond acceptors (Lipinski definition) is 11. The van der Waals surface area contributed by atoms with E-state index in [9.17, 15) is 4.79 Å². The number of fused-ring (bicyclic) bond motifs is 1. The van der Waals surface area contributed by atoms with Crippen molar-refractivity contribution in [2.24, 2.45) is 0 Å². The second-order valence-corrected chi connectivity index (χ2v) is 10.8. The highest BCUT2D eigenvalue weighted by molar-refractivity contribution is 6.33. The average Bonchev–Trinajstić information content (AvgIpc) is 3.20. The standard InChI is InChI=1S/C29H38ClN9O3/c1-31-28-22(5-6-25(35-28)39-11-13-42-14-12-39)33-27-21(30)17-32-29(36-27)34-23-15-19-7-9-38(18-26(40)37(2)3)10-8-20(19)16-24(23)41-4/h5-6,15-17H,7-14,18H2,1-4H3,(H,31,35)(H2,32,33,34,36). The summed E-state index contributed by atoms with van der Waals surface area (Å²) in [7, 11) is 7.05. The minimum absolute atomic E-state index is 0.107. The number of nitrogens with zero attached hydrogens (tertiary/aromatic N) is 6. The number of likely N-dealkylation sites (N-methyl/N-ethyl adjacent to an activating group) is 1. The molecule has 0 spiro atoms. The van der Waals surface area contributed by atoms with E-state index in [1.165, 1.54) is 11.1 Å². The van der Waals surface area contributed by atoms with E-state index < -0.39 is 0 Å². The summed E-state index contributed by atoms with van der Waals surface area (Å²) >= 11 is 6.50. The lowest BCUT2D eigenvalue weighted by atomic mass is 10.0. The number of hydrogen-bond donors (Lipinski definition) is 3. The van der Waals surface area contributed by atoms with Crippen LogP contribution in [0.15, 0.2) is 30.5 Å². The van der Waals surface area contributed by atoms with Crippen LogP contribution in [0.5, 0.6) is 5.75 Å². The summed E-state index contributed by atoms with van der Waals surface area (Å²) < 4.78 is 11.2. The van der Waals surface area contributed by atoms with Gasteiger partial charge in [0, 0.05) is 47.3 Å². The topological polar surface area (TPSA) is 120 Å². The van der Waals surface area contributed by atoms with Crippen LogP contribution in [0.3, 0.4) is 0 Å². The zero-order valence-electron chi connectivity index (χ0n) is 24.5. The van der Waals surface area contributed by atoms with E-state index in [1.807, 2.05) is 19.2 Å². The first-order chi connectivity index (χ1) is 20.3. The number of methoxy groups -OCH3 is 1. The van der Waals surface area contributed by atoms with Gasteiger partial charge in [0.1, 0.15) is 16.6 Å². The Morgan fingerprint density at radius 1 is 1.02 bits per heavy atom. The van der Waals surface area contributed by atoms with Crippen molar-refractivity contribution >= 4 is 52.3 Å². The van der Waals surface area contributed by atoms with Crippen LogP contribution >= 0.6 is 11.6 Å². The number of ether oxygens (including phenoxy) is 2. The lowest BCUT2D eigenvalue weighted by Gasteiger charge is -2.28. The first-order valence-corrected chi connectivity index (χ1v) is 14.4. The van der Waals surface area contributed by atoms with E-state index >= 15 is 0 Å². The second-order valence-electron chi connectivity index (χ2n) is 10.4. The minimum atomic E-state index is 0.107. The van der Waals surface area contributed by atoms with Gasteiger partial charge in [0.05, 0.1) is 44.4 Å². The Bertz CT molecular complexity index is 1420. The summed E-state index contributed by atoms with van der Waals surface area (Å²) in [6, 6.07) is 8.08. The van der Waals surface area contributed by atoms with Crippen LogP contribution in [0.1, 0.15) is 11.1 Å². The summed E-state index contributed by atoms with van der Waals surface area (Å²) in [6.07, 6.45) is 3.22. The summed E-state index contributed by atoms with van der Waals surface area (Å²) in [6.45, 7) is 5.01. The number of nitrogens with one attached hydrogen (secondary N) is 3. The highest BCUT2D eigenvalue weighted by Crippen LogP contribution is 2.34. The number of halogens is 1. The molecule has 1 amide bonds. The molecule has 1 fully saturated rings. The van der Waals surface area contributed by atoms with Gasteiger partial charge >= 0.3 is 0 Å². The van der Waals surface area contributed by atoms with Crippen LogP contribution in [-0.2, 0) is 22.4 Å². The van der Waals surface area contributed by atoms with E-state index in [0.29, 0.717) is 48.1 Å². The van der Waals surface area contributed by atoms with Gasteiger partial charge in [0.2, 0.25) is 11.9 Å². The quantitative estimate of drug-likeness (QED) is 0.338. The number of pyridine rings is 1. The van der Waals surface area contributed by atoms with Crippen molar-refractivity contribution in [2.45, 2.75) is 12.8 Å². The molecule has 2 aliphatic heterocycles. The van der Waals surface area contributed by atoms with Crippen molar-refractivity contribution in [3.63, 3.8) is 0 Å². The number of morpholine rings is 1. The number of benzene rings is 1. The molecule has 42 heavy (non-hydrogen) atoms. The first-order valence-electron chi connectivity index (χ1n) is 14.0. The maximum absolute atomic E-state index is 12.2. The largest absolute Gasteiger partial charge is 0.495 e. The number of rotatable bonds is 9. The molecule has 4 heterocycles. The summed E-state index contributed by atoms with van der Waals surface area (Å²) in [4.78, 5) is 32.1. The predicted molar refractivity (Wildman–Crippen MR) is 166 cm³/mol. The van der Waals surface area contributed by atoms with Gasteiger partial charge in [-0.3, -0.25) is 9.69 Å². The van der Waals surface area contributed by atoms with E-state index in [4.69, 9.17) is 26.1 Å². The molecule has 224 valence electrons. The van der Waals surface area contributed by atoms with E-state index in [2.05, 4.69) is 47.9 Å². The van der Waals surface area contributed by atoms with Crippen LogP contribution in [0, 0.1) is 0 Å². The Morgan fingerprint density at radius 3 is 2.45 bits per heavy atom. The first kappa shape index (κ1) is 29.6. The lowest BCUT2D eigenvalue weighted by Crippen LogP contribution is -2.37. The third kappa shape index (κ3) is 6.94. The monoisotopic (exact) mass is 595 g/mol. The molecular formula is C29H38ClN9O3. The third-order valence-corrected chi connectivity index (χ3v) is 7.75. The molecular weight excluding hydrogens is 558 g/mol. The molecule has 1 saturated heterocycles. The number of carbonyl (C=O) groups excluding carboxylic acids is 1. The number of amides is 1. The highest BCUT2D eigenvalue weighted by Gasteiger charge is 2.20. The molecule has 0 aliphatic carbocycles. The Morgan fingerprint density at radius 2 is 1.76 bits per heavy atom. The molecule has 2 aromatic heterocycles. The van der Waals surface area contributed by atoms with Crippen molar-refractivity contribution in [1.29, 1.82) is 0 Å². The molecule has 0 unspecified atom stereocenters. The minimum Gasteiger partial charge on any atom is -0.495 e. The van der Waals surface area contributed by atoms with Crippen molar-refractivity contribution in [3.8, 4) is 5.75 Å². The van der Waals surface area contributed by atoms with Crippen molar-refractivity contribution in [3.05, 3.63) is 46.6 Å². The Kier molecular flexibility index (Phi) is 9.45. The molecule has 3 aromatic rings. The maximum atomic E-state index is 12.2. The molecule has 5 rings (SSSR count). The number of carbonyl (C=O) groups is 1. The van der Waals surface area contributed by atoms with Gasteiger partial charge in [-0.2, -0.15) is 4.98 Å². The van der Waals surface area contributed by atoms with Crippen LogP contribution in [-0.4, -0.2) is 105 Å². The summed E-state index contributed by atoms with van der Waals surface area (Å²) in [5.74, 6) is 3.18. The van der Waals surface area contributed by atoms with Gasteiger partial charge in [-0.05, 0) is 48.2 Å². The average molecular weight is 596 g/mol. The molecule has 0 radical (unpaired) electrons. The normalized spacial score (nSPS) is 15.4. The third-order valence-electron chi connectivity index (χ3n) is 7.47. The molecule has 0 bridgehead atoms. The van der Waals surface area contributed by atoms with Gasteiger partial charge in [0.25, 0.3) is 0 Å². The fourth-order valence-electron chi connectivity index (χ4n) is 5.03. The number of aromatic nitrogens is 3. The SMILES string of the molecule is CNc1nc(N2CCOCC2)ccc1Nc1nc(Nc2cc3c(cc2OC)CCN(CC(=O)N(C)C)CC3)ncc1Cl. The fraction of sp³-hybridized carbons (Fsp3) is 0.448.